The number of fused-ring (bicyclic) bond motifs is 1. The second-order valence-corrected chi connectivity index (χ2v) is 4.35. The minimum atomic E-state index is -0.285. The van der Waals surface area contributed by atoms with E-state index >= 15 is 0 Å². The van der Waals surface area contributed by atoms with Crippen LogP contribution in [0.1, 0.15) is 5.69 Å². The van der Waals surface area contributed by atoms with E-state index in [0.717, 1.165) is 5.56 Å². The summed E-state index contributed by atoms with van der Waals surface area (Å²) in [6, 6.07) is 7.76. The fourth-order valence-electron chi connectivity index (χ4n) is 1.76. The van der Waals surface area contributed by atoms with E-state index in [4.69, 9.17) is 16.1 Å². The first-order valence-electron chi connectivity index (χ1n) is 5.33. The third kappa shape index (κ3) is 1.75. The third-order valence-electron chi connectivity index (χ3n) is 2.68. The van der Waals surface area contributed by atoms with Gasteiger partial charge in [-0.05, 0) is 37.3 Å². The van der Waals surface area contributed by atoms with Crippen molar-refractivity contribution < 1.29 is 8.91 Å². The lowest BCUT2D eigenvalue weighted by Crippen LogP contribution is -1.86. The van der Waals surface area contributed by atoms with Crippen LogP contribution in [0.3, 0.4) is 0 Å². The average molecular weight is 263 g/mol. The van der Waals surface area contributed by atoms with Crippen LogP contribution in [0.4, 0.5) is 4.39 Å². The number of aromatic nitrogens is 2. The molecule has 0 fully saturated rings. The highest BCUT2D eigenvalue weighted by molar-refractivity contribution is 6.35. The van der Waals surface area contributed by atoms with E-state index in [1.807, 2.05) is 0 Å². The van der Waals surface area contributed by atoms with E-state index in [9.17, 15) is 4.39 Å². The van der Waals surface area contributed by atoms with Crippen LogP contribution in [-0.2, 0) is 0 Å². The van der Waals surface area contributed by atoms with E-state index in [2.05, 4.69) is 10.1 Å². The summed E-state index contributed by atoms with van der Waals surface area (Å²) in [5, 5.41) is 4.27. The van der Waals surface area contributed by atoms with Crippen molar-refractivity contribution in [1.82, 2.24) is 10.1 Å². The molecule has 18 heavy (non-hydrogen) atoms. The van der Waals surface area contributed by atoms with E-state index in [1.54, 1.807) is 25.1 Å². The molecule has 90 valence electrons. The number of benzene rings is 1. The van der Waals surface area contributed by atoms with E-state index in [-0.39, 0.29) is 5.82 Å². The fraction of sp³-hybridized carbons (Fsp3) is 0.0769. The van der Waals surface area contributed by atoms with Gasteiger partial charge in [0.05, 0.1) is 10.7 Å². The second-order valence-electron chi connectivity index (χ2n) is 3.94. The molecule has 0 spiro atoms. The molecule has 2 heterocycles. The molecule has 0 radical (unpaired) electrons. The average Bonchev–Trinajstić information content (AvgIpc) is 2.73. The van der Waals surface area contributed by atoms with Gasteiger partial charge < -0.3 is 4.52 Å². The van der Waals surface area contributed by atoms with Gasteiger partial charge in [-0.15, -0.1) is 0 Å². The molecule has 0 unspecified atom stereocenters. The lowest BCUT2D eigenvalue weighted by molar-refractivity contribution is 0.450. The van der Waals surface area contributed by atoms with Crippen molar-refractivity contribution in [3.8, 4) is 11.3 Å². The Kier molecular flexibility index (Phi) is 2.52. The lowest BCUT2D eigenvalue weighted by atomic mass is 10.1. The summed E-state index contributed by atoms with van der Waals surface area (Å²) in [6.07, 6.45) is 0. The molecule has 2 aromatic heterocycles. The number of hydrogen-bond acceptors (Lipinski definition) is 3. The van der Waals surface area contributed by atoms with Crippen molar-refractivity contribution in [1.29, 1.82) is 0 Å². The maximum Gasteiger partial charge on any atom is 0.204 e. The number of rotatable bonds is 1. The summed E-state index contributed by atoms with van der Waals surface area (Å²) in [6.45, 7) is 1.80. The first-order valence-corrected chi connectivity index (χ1v) is 5.71. The van der Waals surface area contributed by atoms with Crippen LogP contribution in [0.25, 0.3) is 22.4 Å². The molecule has 0 bridgehead atoms. The van der Waals surface area contributed by atoms with Gasteiger partial charge in [-0.25, -0.2) is 9.37 Å². The van der Waals surface area contributed by atoms with E-state index in [1.165, 1.54) is 12.1 Å². The number of nitrogens with zero attached hydrogens (tertiary/aromatic N) is 2. The molecule has 0 saturated heterocycles. The number of hydrogen-bond donors (Lipinski definition) is 0. The highest BCUT2D eigenvalue weighted by atomic mass is 35.5. The lowest BCUT2D eigenvalue weighted by Gasteiger charge is -2.02. The summed E-state index contributed by atoms with van der Waals surface area (Å²) in [7, 11) is 0. The van der Waals surface area contributed by atoms with Crippen LogP contribution in [0.2, 0.25) is 5.02 Å². The zero-order chi connectivity index (χ0) is 12.7. The van der Waals surface area contributed by atoms with Crippen LogP contribution < -0.4 is 0 Å². The molecule has 0 aliphatic rings. The molecule has 0 N–H and O–H groups in total. The van der Waals surface area contributed by atoms with Crippen LogP contribution in [0.5, 0.6) is 0 Å². The zero-order valence-electron chi connectivity index (χ0n) is 9.45. The maximum absolute atomic E-state index is 12.9. The molecule has 0 saturated carbocycles. The molecule has 0 atom stereocenters. The highest BCUT2D eigenvalue weighted by Crippen LogP contribution is 2.29. The van der Waals surface area contributed by atoms with Gasteiger partial charge in [0.1, 0.15) is 17.0 Å². The molecule has 3 aromatic rings. The fourth-order valence-corrected chi connectivity index (χ4v) is 1.99. The largest absolute Gasteiger partial charge is 0.353 e. The Morgan fingerprint density at radius 3 is 2.67 bits per heavy atom. The summed E-state index contributed by atoms with van der Waals surface area (Å²) in [5.41, 5.74) is 3.23. The Morgan fingerprint density at radius 2 is 1.94 bits per heavy atom. The van der Waals surface area contributed by atoms with Crippen molar-refractivity contribution in [2.75, 3.05) is 0 Å². The first kappa shape index (κ1) is 11.2. The Balaban J connectivity index is 2.23. The van der Waals surface area contributed by atoms with Gasteiger partial charge in [-0.2, -0.15) is 0 Å². The van der Waals surface area contributed by atoms with E-state index < -0.39 is 0 Å². The van der Waals surface area contributed by atoms with Gasteiger partial charge in [0, 0.05) is 5.56 Å². The monoisotopic (exact) mass is 262 g/mol. The number of halogens is 2. The smallest absolute Gasteiger partial charge is 0.204 e. The van der Waals surface area contributed by atoms with Gasteiger partial charge in [-0.3, -0.25) is 0 Å². The van der Waals surface area contributed by atoms with Crippen LogP contribution in [-0.4, -0.2) is 10.1 Å². The van der Waals surface area contributed by atoms with Crippen molar-refractivity contribution in [3.63, 3.8) is 0 Å². The summed E-state index contributed by atoms with van der Waals surface area (Å²) < 4.78 is 18.0. The Bertz CT molecular complexity index is 722. The van der Waals surface area contributed by atoms with Crippen LogP contribution in [0, 0.1) is 12.7 Å². The standard InChI is InChI=1S/C13H8ClFN2O/c1-7-12-13(18-17-7)10(14)6-11(16-12)8-2-4-9(15)5-3-8/h2-6H,1H3. The summed E-state index contributed by atoms with van der Waals surface area (Å²) in [4.78, 5) is 4.43. The molecule has 0 amide bonds. The zero-order valence-corrected chi connectivity index (χ0v) is 10.2. The van der Waals surface area contributed by atoms with Gasteiger partial charge in [0.15, 0.2) is 0 Å². The topological polar surface area (TPSA) is 38.9 Å². The molecule has 5 heteroatoms. The van der Waals surface area contributed by atoms with Crippen molar-refractivity contribution in [2.24, 2.45) is 0 Å². The van der Waals surface area contributed by atoms with Gasteiger partial charge >= 0.3 is 0 Å². The second kappa shape index (κ2) is 4.07. The molecule has 3 nitrogen and oxygen atoms in total. The normalized spacial score (nSPS) is 11.1. The predicted molar refractivity (Wildman–Crippen MR) is 66.9 cm³/mol. The maximum atomic E-state index is 12.9. The van der Waals surface area contributed by atoms with E-state index in [0.29, 0.717) is 27.5 Å². The Morgan fingerprint density at radius 1 is 1.22 bits per heavy atom. The Labute approximate surface area is 107 Å². The molecular formula is C13H8ClFN2O. The number of aryl methyl sites for hydroxylation is 1. The molecule has 3 rings (SSSR count). The van der Waals surface area contributed by atoms with Gasteiger partial charge in [-0.1, -0.05) is 16.8 Å². The Hall–Kier alpha value is -1.94. The minimum absolute atomic E-state index is 0.285. The molecular weight excluding hydrogens is 255 g/mol. The van der Waals surface area contributed by atoms with Crippen LogP contribution in [0.15, 0.2) is 34.9 Å². The first-order chi connectivity index (χ1) is 8.65. The number of pyridine rings is 1. The quantitative estimate of drug-likeness (QED) is 0.666. The van der Waals surface area contributed by atoms with Crippen LogP contribution >= 0.6 is 11.6 Å². The van der Waals surface area contributed by atoms with Crippen molar-refractivity contribution in [2.45, 2.75) is 6.92 Å². The third-order valence-corrected chi connectivity index (χ3v) is 2.96. The highest BCUT2D eigenvalue weighted by Gasteiger charge is 2.12. The SMILES string of the molecule is Cc1noc2c(Cl)cc(-c3ccc(F)cc3)nc12. The van der Waals surface area contributed by atoms with Crippen molar-refractivity contribution in [3.05, 3.63) is 46.9 Å². The molecule has 0 aliphatic heterocycles. The predicted octanol–water partition coefficient (Wildman–Crippen LogP) is 3.99. The molecule has 0 aliphatic carbocycles. The summed E-state index contributed by atoms with van der Waals surface area (Å²) in [5.74, 6) is -0.285. The minimum Gasteiger partial charge on any atom is -0.353 e. The summed E-state index contributed by atoms with van der Waals surface area (Å²) >= 11 is 6.11. The van der Waals surface area contributed by atoms with Gasteiger partial charge in [0.2, 0.25) is 5.58 Å². The van der Waals surface area contributed by atoms with Gasteiger partial charge in [0.25, 0.3) is 0 Å². The molecule has 1 aromatic carbocycles. The van der Waals surface area contributed by atoms with Crippen molar-refractivity contribution >= 4 is 22.7 Å².